The molecule has 248 valence electrons. The van der Waals surface area contributed by atoms with Crippen molar-refractivity contribution in [2.24, 2.45) is 0 Å². The highest BCUT2D eigenvalue weighted by Crippen LogP contribution is 2.20. The zero-order chi connectivity index (χ0) is 30.5. The number of unbranched alkanes of at least 4 members (excludes halogenated alkanes) is 16. The molecule has 0 bridgehead atoms. The molecule has 0 spiro atoms. The number of likely N-dealkylation sites (tertiary alicyclic amines) is 1. The number of alkyl carbamates (subject to hydrolysis) is 1. The maximum Gasteiger partial charge on any atom is 0.407 e. The Kier molecular flexibility index (Phi) is 25.9. The second-order valence-corrected chi connectivity index (χ2v) is 12.5. The lowest BCUT2D eigenvalue weighted by Crippen LogP contribution is -2.49. The molecule has 1 saturated heterocycles. The van der Waals surface area contributed by atoms with E-state index in [9.17, 15) is 9.59 Å². The largest absolute Gasteiger partial charge is 0.449 e. The number of ether oxygens (including phenoxy) is 1. The topological polar surface area (TPSA) is 73.9 Å². The molecule has 3 amide bonds. The van der Waals surface area contributed by atoms with Crippen LogP contribution in [0, 0.1) is 0 Å². The molecule has 1 unspecified atom stereocenters. The van der Waals surface area contributed by atoms with Crippen molar-refractivity contribution < 1.29 is 14.3 Å². The summed E-state index contributed by atoms with van der Waals surface area (Å²) in [6.07, 6.45) is 27.3. The Bertz CT molecular complexity index is 629. The van der Waals surface area contributed by atoms with Crippen LogP contribution in [0.2, 0.25) is 0 Å². The molecular weight excluding hydrogens is 524 g/mol. The minimum absolute atomic E-state index is 0.0540. The highest BCUT2D eigenvalue weighted by molar-refractivity contribution is 5.74. The van der Waals surface area contributed by atoms with E-state index in [1.807, 2.05) is 4.90 Å². The molecule has 0 aromatic carbocycles. The second-order valence-electron chi connectivity index (χ2n) is 12.5. The molecular formula is C35H70N4O3. The van der Waals surface area contributed by atoms with Gasteiger partial charge >= 0.3 is 12.1 Å². The molecule has 42 heavy (non-hydrogen) atoms. The second kappa shape index (κ2) is 28.3. The average Bonchev–Trinajstić information content (AvgIpc) is 3.00. The maximum absolute atomic E-state index is 12.9. The van der Waals surface area contributed by atoms with Crippen molar-refractivity contribution in [2.75, 3.05) is 45.9 Å². The summed E-state index contributed by atoms with van der Waals surface area (Å²) in [5, 5.41) is 6.02. The van der Waals surface area contributed by atoms with Crippen molar-refractivity contribution >= 4 is 12.1 Å². The molecule has 0 aromatic heterocycles. The first kappa shape index (κ1) is 38.5. The number of carbonyl (C=O) groups excluding carboxylic acids is 2. The van der Waals surface area contributed by atoms with Gasteiger partial charge in [0.25, 0.3) is 0 Å². The molecule has 0 radical (unpaired) electrons. The molecule has 1 fully saturated rings. The lowest BCUT2D eigenvalue weighted by Gasteiger charge is -2.35. The molecule has 2 N–H and O–H groups in total. The van der Waals surface area contributed by atoms with Gasteiger partial charge in [0.1, 0.15) is 0 Å². The Morgan fingerprint density at radius 1 is 0.690 bits per heavy atom. The Morgan fingerprint density at radius 2 is 1.21 bits per heavy atom. The highest BCUT2D eigenvalue weighted by atomic mass is 16.5. The Balaban J connectivity index is 2.00. The summed E-state index contributed by atoms with van der Waals surface area (Å²) >= 11 is 0. The molecule has 0 aliphatic carbocycles. The lowest BCUT2D eigenvalue weighted by atomic mass is 10.00. The summed E-state index contributed by atoms with van der Waals surface area (Å²) in [5.74, 6) is 0. The van der Waals surface area contributed by atoms with Gasteiger partial charge in [0.15, 0.2) is 0 Å². The van der Waals surface area contributed by atoms with Crippen molar-refractivity contribution in [1.82, 2.24) is 20.4 Å². The third-order valence-corrected chi connectivity index (χ3v) is 8.94. The fourth-order valence-electron chi connectivity index (χ4n) is 6.07. The van der Waals surface area contributed by atoms with Crippen molar-refractivity contribution in [3.63, 3.8) is 0 Å². The van der Waals surface area contributed by atoms with Crippen LogP contribution in [0.15, 0.2) is 0 Å². The molecule has 1 rings (SSSR count). The van der Waals surface area contributed by atoms with Crippen molar-refractivity contribution in [3.8, 4) is 0 Å². The van der Waals surface area contributed by atoms with Gasteiger partial charge in [-0.2, -0.15) is 0 Å². The van der Waals surface area contributed by atoms with Crippen LogP contribution < -0.4 is 10.6 Å². The lowest BCUT2D eigenvalue weighted by molar-refractivity contribution is 0.111. The SMILES string of the molecule is CCCCCCCCCCCCCCCCCCNC(=O)N1CCCCC1CCOC(=O)NCCCCN(CC)CC. The molecule has 1 atom stereocenters. The van der Waals surface area contributed by atoms with E-state index >= 15 is 0 Å². The van der Waals surface area contributed by atoms with E-state index in [0.717, 1.165) is 71.2 Å². The summed E-state index contributed by atoms with van der Waals surface area (Å²) in [4.78, 5) is 29.3. The fraction of sp³-hybridized carbons (Fsp3) is 0.943. The first-order valence-electron chi connectivity index (χ1n) is 18.3. The van der Waals surface area contributed by atoms with Gasteiger partial charge in [0.2, 0.25) is 0 Å². The fourth-order valence-corrected chi connectivity index (χ4v) is 6.07. The van der Waals surface area contributed by atoms with Gasteiger partial charge in [-0.25, -0.2) is 9.59 Å². The molecule has 0 saturated carbocycles. The van der Waals surface area contributed by atoms with Crippen molar-refractivity contribution in [2.45, 2.75) is 168 Å². The number of hydrogen-bond acceptors (Lipinski definition) is 4. The maximum atomic E-state index is 12.9. The summed E-state index contributed by atoms with van der Waals surface area (Å²) < 4.78 is 5.42. The van der Waals surface area contributed by atoms with Gasteiger partial charge < -0.3 is 25.2 Å². The first-order chi connectivity index (χ1) is 20.6. The van der Waals surface area contributed by atoms with E-state index in [0.29, 0.717) is 19.6 Å². The third-order valence-electron chi connectivity index (χ3n) is 8.94. The molecule has 0 aromatic rings. The zero-order valence-corrected chi connectivity index (χ0v) is 28.2. The number of nitrogens with zero attached hydrogens (tertiary/aromatic N) is 2. The number of urea groups is 1. The quantitative estimate of drug-likeness (QED) is 0.0931. The number of nitrogens with one attached hydrogen (secondary N) is 2. The van der Waals surface area contributed by atoms with E-state index in [4.69, 9.17) is 4.74 Å². The van der Waals surface area contributed by atoms with Gasteiger partial charge in [-0.15, -0.1) is 0 Å². The van der Waals surface area contributed by atoms with Crippen LogP contribution in [0.25, 0.3) is 0 Å². The Morgan fingerprint density at radius 3 is 1.79 bits per heavy atom. The standard InChI is InChI=1S/C35H70N4O3/c1-4-7-8-9-10-11-12-13-14-15-16-17-18-19-20-22-28-36-34(40)39-31-24-21-26-33(39)27-32-42-35(41)37-29-23-25-30-38(5-2)6-3/h33H,4-32H2,1-3H3,(H,36,40)(H,37,41). The molecule has 7 heteroatoms. The zero-order valence-electron chi connectivity index (χ0n) is 28.2. The smallest absolute Gasteiger partial charge is 0.407 e. The number of carbonyl (C=O) groups is 2. The van der Waals surface area contributed by atoms with Gasteiger partial charge in [0.05, 0.1) is 6.61 Å². The minimum atomic E-state index is -0.340. The average molecular weight is 595 g/mol. The van der Waals surface area contributed by atoms with E-state index in [2.05, 4.69) is 36.3 Å². The van der Waals surface area contributed by atoms with Crippen LogP contribution in [0.3, 0.4) is 0 Å². The van der Waals surface area contributed by atoms with Gasteiger partial charge in [-0.1, -0.05) is 117 Å². The predicted molar refractivity (Wildman–Crippen MR) is 178 cm³/mol. The van der Waals surface area contributed by atoms with E-state index in [1.54, 1.807) is 0 Å². The van der Waals surface area contributed by atoms with Gasteiger partial charge in [-0.05, 0) is 58.2 Å². The van der Waals surface area contributed by atoms with Crippen molar-refractivity contribution in [1.29, 1.82) is 0 Å². The summed E-state index contributed by atoms with van der Waals surface area (Å²) in [5.41, 5.74) is 0. The van der Waals surface area contributed by atoms with E-state index in [-0.39, 0.29) is 18.2 Å². The number of rotatable bonds is 27. The molecule has 1 aliphatic heterocycles. The Hall–Kier alpha value is -1.50. The van der Waals surface area contributed by atoms with E-state index < -0.39 is 0 Å². The molecule has 1 aliphatic rings. The normalized spacial score (nSPS) is 15.2. The molecule has 7 nitrogen and oxygen atoms in total. The highest BCUT2D eigenvalue weighted by Gasteiger charge is 2.26. The van der Waals surface area contributed by atoms with E-state index in [1.165, 1.54) is 96.3 Å². The number of hydrogen-bond donors (Lipinski definition) is 2. The first-order valence-corrected chi connectivity index (χ1v) is 18.3. The Labute approximate surface area is 260 Å². The number of piperidine rings is 1. The minimum Gasteiger partial charge on any atom is -0.449 e. The third kappa shape index (κ3) is 21.2. The molecule has 1 heterocycles. The van der Waals surface area contributed by atoms with Crippen LogP contribution in [0.5, 0.6) is 0 Å². The summed E-state index contributed by atoms with van der Waals surface area (Å²) in [6.45, 7) is 12.4. The van der Waals surface area contributed by atoms with Crippen LogP contribution in [0.4, 0.5) is 9.59 Å². The predicted octanol–water partition coefficient (Wildman–Crippen LogP) is 9.05. The van der Waals surface area contributed by atoms with Crippen LogP contribution in [0.1, 0.15) is 162 Å². The monoisotopic (exact) mass is 595 g/mol. The van der Waals surface area contributed by atoms with Gasteiger partial charge in [0, 0.05) is 32.1 Å². The van der Waals surface area contributed by atoms with Crippen LogP contribution in [-0.4, -0.2) is 73.8 Å². The summed E-state index contributed by atoms with van der Waals surface area (Å²) in [6, 6.07) is 0.213. The number of amides is 3. The van der Waals surface area contributed by atoms with Crippen molar-refractivity contribution in [3.05, 3.63) is 0 Å². The van der Waals surface area contributed by atoms with Gasteiger partial charge in [-0.3, -0.25) is 0 Å². The van der Waals surface area contributed by atoms with Crippen LogP contribution in [-0.2, 0) is 4.74 Å². The summed E-state index contributed by atoms with van der Waals surface area (Å²) in [7, 11) is 0. The van der Waals surface area contributed by atoms with Crippen LogP contribution >= 0.6 is 0 Å².